The van der Waals surface area contributed by atoms with E-state index in [1.54, 1.807) is 12.1 Å². The number of aliphatic hydroxyl groups excluding tert-OH is 1. The summed E-state index contributed by atoms with van der Waals surface area (Å²) in [4.78, 5) is 0. The van der Waals surface area contributed by atoms with Gasteiger partial charge < -0.3 is 14.6 Å². The summed E-state index contributed by atoms with van der Waals surface area (Å²) in [5, 5.41) is 9.53. The molecule has 16 heavy (non-hydrogen) atoms. The van der Waals surface area contributed by atoms with Gasteiger partial charge >= 0.3 is 0 Å². The Morgan fingerprint density at radius 2 is 1.75 bits per heavy atom. The van der Waals surface area contributed by atoms with Crippen molar-refractivity contribution in [2.75, 3.05) is 26.4 Å². The third-order valence-corrected chi connectivity index (χ3v) is 2.60. The summed E-state index contributed by atoms with van der Waals surface area (Å²) in [6.07, 6.45) is 0. The standard InChI is InChI=1S/C11H14Cl2O3/c12-10-2-1-9(7-11(10)13)8-16-6-5-15-4-3-14/h1-2,7,14H,3-6,8H2. The number of benzene rings is 1. The van der Waals surface area contributed by atoms with Crippen molar-refractivity contribution >= 4 is 23.2 Å². The third kappa shape index (κ3) is 5.14. The van der Waals surface area contributed by atoms with Crippen LogP contribution in [-0.4, -0.2) is 31.5 Å². The van der Waals surface area contributed by atoms with Crippen LogP contribution in [0.1, 0.15) is 5.56 Å². The maximum Gasteiger partial charge on any atom is 0.0718 e. The lowest BCUT2D eigenvalue weighted by molar-refractivity contribution is 0.0274. The fourth-order valence-corrected chi connectivity index (χ4v) is 1.42. The minimum absolute atomic E-state index is 0.0345. The molecule has 0 aliphatic rings. The van der Waals surface area contributed by atoms with E-state index < -0.39 is 0 Å². The van der Waals surface area contributed by atoms with Crippen molar-refractivity contribution in [3.8, 4) is 0 Å². The van der Waals surface area contributed by atoms with Crippen LogP contribution in [-0.2, 0) is 16.1 Å². The van der Waals surface area contributed by atoms with Gasteiger partial charge in [0.25, 0.3) is 0 Å². The van der Waals surface area contributed by atoms with Gasteiger partial charge in [0.05, 0.1) is 43.1 Å². The molecular formula is C11H14Cl2O3. The predicted octanol–water partition coefficient (Wildman–Crippen LogP) is 2.52. The molecule has 3 nitrogen and oxygen atoms in total. The molecule has 1 N–H and O–H groups in total. The summed E-state index contributed by atoms with van der Waals surface area (Å²) in [6.45, 7) is 1.81. The average molecular weight is 265 g/mol. The van der Waals surface area contributed by atoms with Crippen LogP contribution in [0.2, 0.25) is 10.0 Å². The van der Waals surface area contributed by atoms with Gasteiger partial charge in [0.1, 0.15) is 0 Å². The minimum atomic E-state index is 0.0345. The van der Waals surface area contributed by atoms with Crippen LogP contribution in [0.15, 0.2) is 18.2 Å². The fraction of sp³-hybridized carbons (Fsp3) is 0.455. The number of aliphatic hydroxyl groups is 1. The van der Waals surface area contributed by atoms with Gasteiger partial charge in [-0.2, -0.15) is 0 Å². The highest BCUT2D eigenvalue weighted by atomic mass is 35.5. The van der Waals surface area contributed by atoms with Crippen molar-refractivity contribution < 1.29 is 14.6 Å². The maximum absolute atomic E-state index is 8.46. The van der Waals surface area contributed by atoms with Gasteiger partial charge in [-0.3, -0.25) is 0 Å². The molecule has 0 aliphatic heterocycles. The van der Waals surface area contributed by atoms with E-state index in [4.69, 9.17) is 37.8 Å². The fourth-order valence-electron chi connectivity index (χ4n) is 1.10. The zero-order chi connectivity index (χ0) is 11.8. The van der Waals surface area contributed by atoms with Crippen LogP contribution in [0.25, 0.3) is 0 Å². The molecule has 1 aromatic rings. The molecule has 0 saturated carbocycles. The molecule has 0 amide bonds. The molecule has 0 bridgehead atoms. The van der Waals surface area contributed by atoms with Gasteiger partial charge in [-0.15, -0.1) is 0 Å². The van der Waals surface area contributed by atoms with E-state index >= 15 is 0 Å². The quantitative estimate of drug-likeness (QED) is 0.770. The lowest BCUT2D eigenvalue weighted by Gasteiger charge is -2.05. The van der Waals surface area contributed by atoms with Crippen LogP contribution in [0.5, 0.6) is 0 Å². The molecule has 0 saturated heterocycles. The number of hydrogen-bond acceptors (Lipinski definition) is 3. The molecule has 1 aromatic carbocycles. The Kier molecular flexibility index (Phi) is 6.76. The first-order chi connectivity index (χ1) is 7.74. The maximum atomic E-state index is 8.46. The van der Waals surface area contributed by atoms with E-state index in [1.165, 1.54) is 0 Å². The Hall–Kier alpha value is -0.320. The van der Waals surface area contributed by atoms with Crippen LogP contribution in [0.4, 0.5) is 0 Å². The Balaban J connectivity index is 2.19. The summed E-state index contributed by atoms with van der Waals surface area (Å²) in [6, 6.07) is 5.38. The van der Waals surface area contributed by atoms with Crippen molar-refractivity contribution in [3.63, 3.8) is 0 Å². The Labute approximate surface area is 105 Å². The van der Waals surface area contributed by atoms with Crippen LogP contribution >= 0.6 is 23.2 Å². The highest BCUT2D eigenvalue weighted by Gasteiger charge is 1.99. The van der Waals surface area contributed by atoms with Gasteiger partial charge in [-0.05, 0) is 17.7 Å². The molecule has 0 aromatic heterocycles. The average Bonchev–Trinajstić information content (AvgIpc) is 2.28. The van der Waals surface area contributed by atoms with Gasteiger partial charge in [0, 0.05) is 0 Å². The van der Waals surface area contributed by atoms with Crippen LogP contribution in [0.3, 0.4) is 0 Å². The summed E-state index contributed by atoms with van der Waals surface area (Å²) in [5.41, 5.74) is 0.969. The van der Waals surface area contributed by atoms with E-state index in [1.807, 2.05) is 6.07 Å². The Morgan fingerprint density at radius 1 is 1.00 bits per heavy atom. The summed E-state index contributed by atoms with van der Waals surface area (Å²) < 4.78 is 10.4. The van der Waals surface area contributed by atoms with Crippen molar-refractivity contribution in [3.05, 3.63) is 33.8 Å². The number of rotatable bonds is 7. The zero-order valence-electron chi connectivity index (χ0n) is 8.79. The highest BCUT2D eigenvalue weighted by molar-refractivity contribution is 6.41. The second-order valence-electron chi connectivity index (χ2n) is 3.14. The van der Waals surface area contributed by atoms with Crippen molar-refractivity contribution in [1.29, 1.82) is 0 Å². The number of hydrogen-bond donors (Lipinski definition) is 1. The van der Waals surface area contributed by atoms with Crippen LogP contribution in [0, 0.1) is 0 Å². The monoisotopic (exact) mass is 264 g/mol. The summed E-state index contributed by atoms with van der Waals surface area (Å²) in [7, 11) is 0. The third-order valence-electron chi connectivity index (χ3n) is 1.86. The van der Waals surface area contributed by atoms with Crippen molar-refractivity contribution in [2.45, 2.75) is 6.61 Å². The molecule has 0 fully saturated rings. The normalized spacial score (nSPS) is 10.7. The van der Waals surface area contributed by atoms with E-state index in [2.05, 4.69) is 0 Å². The Bertz CT molecular complexity index is 318. The predicted molar refractivity (Wildman–Crippen MR) is 64.0 cm³/mol. The molecule has 1 rings (SSSR count). The van der Waals surface area contributed by atoms with Gasteiger partial charge in [-0.1, -0.05) is 29.3 Å². The van der Waals surface area contributed by atoms with Crippen LogP contribution < -0.4 is 0 Å². The molecule has 0 unspecified atom stereocenters. The van der Waals surface area contributed by atoms with E-state index in [0.717, 1.165) is 5.56 Å². The lowest BCUT2D eigenvalue weighted by Crippen LogP contribution is -2.07. The largest absolute Gasteiger partial charge is 0.394 e. The molecular weight excluding hydrogens is 251 g/mol. The van der Waals surface area contributed by atoms with Crippen molar-refractivity contribution in [2.24, 2.45) is 0 Å². The number of ether oxygens (including phenoxy) is 2. The minimum Gasteiger partial charge on any atom is -0.394 e. The molecule has 0 radical (unpaired) electrons. The SMILES string of the molecule is OCCOCCOCc1ccc(Cl)c(Cl)c1. The van der Waals surface area contributed by atoms with Gasteiger partial charge in [0.15, 0.2) is 0 Å². The molecule has 0 heterocycles. The molecule has 0 atom stereocenters. The first kappa shape index (κ1) is 13.7. The highest BCUT2D eigenvalue weighted by Crippen LogP contribution is 2.22. The second-order valence-corrected chi connectivity index (χ2v) is 3.95. The molecule has 0 aliphatic carbocycles. The molecule has 0 spiro atoms. The topological polar surface area (TPSA) is 38.7 Å². The summed E-state index contributed by atoms with van der Waals surface area (Å²) >= 11 is 11.6. The van der Waals surface area contributed by atoms with E-state index in [9.17, 15) is 0 Å². The smallest absolute Gasteiger partial charge is 0.0718 e. The Morgan fingerprint density at radius 3 is 2.44 bits per heavy atom. The van der Waals surface area contributed by atoms with E-state index in [0.29, 0.717) is 36.5 Å². The van der Waals surface area contributed by atoms with Gasteiger partial charge in [-0.25, -0.2) is 0 Å². The van der Waals surface area contributed by atoms with E-state index in [-0.39, 0.29) is 6.61 Å². The van der Waals surface area contributed by atoms with Gasteiger partial charge in [0.2, 0.25) is 0 Å². The number of halogens is 2. The summed E-state index contributed by atoms with van der Waals surface area (Å²) in [5.74, 6) is 0. The lowest BCUT2D eigenvalue weighted by atomic mass is 10.2. The van der Waals surface area contributed by atoms with Crippen molar-refractivity contribution in [1.82, 2.24) is 0 Å². The molecule has 5 heteroatoms. The first-order valence-electron chi connectivity index (χ1n) is 4.94. The second kappa shape index (κ2) is 7.87. The first-order valence-corrected chi connectivity index (χ1v) is 5.70. The molecule has 90 valence electrons. The zero-order valence-corrected chi connectivity index (χ0v) is 10.3.